The summed E-state index contributed by atoms with van der Waals surface area (Å²) in [6.07, 6.45) is -0.303. The Morgan fingerprint density at radius 1 is 1.00 bits per heavy atom. The van der Waals surface area contributed by atoms with Crippen LogP contribution in [0.2, 0.25) is 5.02 Å². The van der Waals surface area contributed by atoms with E-state index in [0.717, 1.165) is 22.4 Å². The van der Waals surface area contributed by atoms with Gasteiger partial charge in [-0.1, -0.05) is 29.3 Å². The van der Waals surface area contributed by atoms with Gasteiger partial charge < -0.3 is 15.4 Å². The Morgan fingerprint density at radius 3 is 2.20 bits per heavy atom. The summed E-state index contributed by atoms with van der Waals surface area (Å²) in [7, 11) is 1.49. The fourth-order valence-corrected chi connectivity index (χ4v) is 2.85. The van der Waals surface area contributed by atoms with Crippen LogP contribution < -0.4 is 15.4 Å². The van der Waals surface area contributed by atoms with Gasteiger partial charge in [-0.25, -0.2) is 0 Å². The minimum atomic E-state index is -0.444. The van der Waals surface area contributed by atoms with E-state index in [4.69, 9.17) is 16.3 Å². The first kappa shape index (κ1) is 18.8. The summed E-state index contributed by atoms with van der Waals surface area (Å²) in [5.74, 6) is -0.350. The molecular weight excluding hydrogens is 340 g/mol. The highest BCUT2D eigenvalue weighted by Gasteiger charge is 2.14. The molecule has 0 fully saturated rings. The number of hydrogen-bond donors (Lipinski definition) is 2. The Morgan fingerprint density at radius 2 is 1.60 bits per heavy atom. The van der Waals surface area contributed by atoms with E-state index in [1.54, 1.807) is 18.2 Å². The van der Waals surface area contributed by atoms with E-state index in [0.29, 0.717) is 16.5 Å². The lowest BCUT2D eigenvalue weighted by molar-refractivity contribution is -0.123. The Labute approximate surface area is 152 Å². The van der Waals surface area contributed by atoms with Gasteiger partial charge in [-0.15, -0.1) is 0 Å². The summed E-state index contributed by atoms with van der Waals surface area (Å²) in [6.45, 7) is 5.84. The molecule has 0 spiro atoms. The number of ether oxygens (including phenoxy) is 1. The summed E-state index contributed by atoms with van der Waals surface area (Å²) < 4.78 is 5.17. The van der Waals surface area contributed by atoms with Gasteiger partial charge >= 0.3 is 0 Å². The Bertz CT molecular complexity index is 795. The number of carbonyl (C=O) groups is 2. The molecule has 2 rings (SSSR count). The second kappa shape index (κ2) is 8.03. The summed E-state index contributed by atoms with van der Waals surface area (Å²) in [5.41, 5.74) is 4.21. The summed E-state index contributed by atoms with van der Waals surface area (Å²) in [5, 5.41) is 5.92. The third-order valence-electron chi connectivity index (χ3n) is 3.70. The number of aryl methyl sites for hydroxylation is 3. The van der Waals surface area contributed by atoms with Crippen molar-refractivity contribution < 1.29 is 14.3 Å². The third kappa shape index (κ3) is 4.97. The molecule has 2 N–H and O–H groups in total. The van der Waals surface area contributed by atoms with Crippen molar-refractivity contribution in [1.82, 2.24) is 0 Å². The maximum atomic E-state index is 12.2. The number of anilines is 2. The van der Waals surface area contributed by atoms with Gasteiger partial charge in [-0.2, -0.15) is 0 Å². The topological polar surface area (TPSA) is 67.4 Å². The quantitative estimate of drug-likeness (QED) is 0.783. The maximum absolute atomic E-state index is 12.2. The minimum absolute atomic E-state index is 0.303. The zero-order chi connectivity index (χ0) is 18.6. The largest absolute Gasteiger partial charge is 0.495 e. The lowest BCUT2D eigenvalue weighted by Crippen LogP contribution is -2.22. The number of amides is 2. The lowest BCUT2D eigenvalue weighted by atomic mass is 10.0. The molecule has 0 saturated carbocycles. The molecule has 132 valence electrons. The highest BCUT2D eigenvalue weighted by atomic mass is 35.5. The molecule has 0 aliphatic heterocycles. The lowest BCUT2D eigenvalue weighted by Gasteiger charge is -2.13. The van der Waals surface area contributed by atoms with E-state index in [2.05, 4.69) is 10.6 Å². The Balaban J connectivity index is 2.04. The average molecular weight is 361 g/mol. The molecular formula is C19H21ClN2O3. The van der Waals surface area contributed by atoms with Crippen molar-refractivity contribution in [3.05, 3.63) is 52.0 Å². The number of halogens is 1. The average Bonchev–Trinajstić information content (AvgIpc) is 2.51. The standard InChI is InChI=1S/C19H21ClN2O3/c1-11-7-12(2)19(13(3)8-11)22-18(24)10-17(23)21-15-9-14(20)5-6-16(15)25-4/h5-9H,10H2,1-4H3,(H,21,23)(H,22,24). The molecule has 5 nitrogen and oxygen atoms in total. The molecule has 2 amide bonds. The van der Waals surface area contributed by atoms with Gasteiger partial charge in [-0.05, 0) is 50.1 Å². The van der Waals surface area contributed by atoms with Crippen molar-refractivity contribution in [2.24, 2.45) is 0 Å². The second-order valence-electron chi connectivity index (χ2n) is 5.89. The smallest absolute Gasteiger partial charge is 0.233 e. The number of rotatable bonds is 5. The molecule has 0 unspecified atom stereocenters. The monoisotopic (exact) mass is 360 g/mol. The fraction of sp³-hybridized carbons (Fsp3) is 0.263. The predicted molar refractivity (Wildman–Crippen MR) is 101 cm³/mol. The molecule has 0 aromatic heterocycles. The van der Waals surface area contributed by atoms with Gasteiger partial charge in [0.15, 0.2) is 0 Å². The van der Waals surface area contributed by atoms with Crippen LogP contribution in [-0.4, -0.2) is 18.9 Å². The van der Waals surface area contributed by atoms with Crippen molar-refractivity contribution >= 4 is 34.8 Å². The van der Waals surface area contributed by atoms with Crippen LogP contribution in [0, 0.1) is 20.8 Å². The number of carbonyl (C=O) groups excluding carboxylic acids is 2. The predicted octanol–water partition coefficient (Wildman–Crippen LogP) is 4.24. The highest BCUT2D eigenvalue weighted by molar-refractivity contribution is 6.31. The fourth-order valence-electron chi connectivity index (χ4n) is 2.68. The number of methoxy groups -OCH3 is 1. The molecule has 0 saturated heterocycles. The molecule has 0 bridgehead atoms. The first-order chi connectivity index (χ1) is 11.8. The normalized spacial score (nSPS) is 10.3. The first-order valence-electron chi connectivity index (χ1n) is 7.81. The SMILES string of the molecule is COc1ccc(Cl)cc1NC(=O)CC(=O)Nc1c(C)cc(C)cc1C. The number of nitrogens with one attached hydrogen (secondary N) is 2. The molecule has 0 aliphatic rings. The zero-order valence-corrected chi connectivity index (χ0v) is 15.5. The summed E-state index contributed by atoms with van der Waals surface area (Å²) >= 11 is 5.93. The Hall–Kier alpha value is -2.53. The Kier molecular flexibility index (Phi) is 6.04. The molecule has 0 aliphatic carbocycles. The van der Waals surface area contributed by atoms with E-state index >= 15 is 0 Å². The van der Waals surface area contributed by atoms with Gasteiger partial charge in [0.1, 0.15) is 12.2 Å². The number of benzene rings is 2. The molecule has 0 heterocycles. The molecule has 0 radical (unpaired) electrons. The van der Waals surface area contributed by atoms with Crippen LogP contribution in [0.15, 0.2) is 30.3 Å². The van der Waals surface area contributed by atoms with E-state index in [1.165, 1.54) is 7.11 Å². The molecule has 2 aromatic rings. The van der Waals surface area contributed by atoms with Crippen LogP contribution in [0.5, 0.6) is 5.75 Å². The van der Waals surface area contributed by atoms with Crippen molar-refractivity contribution in [1.29, 1.82) is 0 Å². The number of hydrogen-bond acceptors (Lipinski definition) is 3. The van der Waals surface area contributed by atoms with Crippen molar-refractivity contribution in [3.63, 3.8) is 0 Å². The van der Waals surface area contributed by atoms with Crippen molar-refractivity contribution in [2.75, 3.05) is 17.7 Å². The molecule has 2 aromatic carbocycles. The van der Waals surface area contributed by atoms with Crippen molar-refractivity contribution in [2.45, 2.75) is 27.2 Å². The van der Waals surface area contributed by atoms with E-state index in [-0.39, 0.29) is 12.3 Å². The second-order valence-corrected chi connectivity index (χ2v) is 6.33. The summed E-state index contributed by atoms with van der Waals surface area (Å²) in [6, 6.07) is 8.85. The molecule has 25 heavy (non-hydrogen) atoms. The first-order valence-corrected chi connectivity index (χ1v) is 8.19. The van der Waals surface area contributed by atoms with E-state index in [1.807, 2.05) is 32.9 Å². The third-order valence-corrected chi connectivity index (χ3v) is 3.93. The van der Waals surface area contributed by atoms with Gasteiger partial charge in [0.05, 0.1) is 12.8 Å². The van der Waals surface area contributed by atoms with Crippen LogP contribution >= 0.6 is 11.6 Å². The van der Waals surface area contributed by atoms with E-state index in [9.17, 15) is 9.59 Å². The maximum Gasteiger partial charge on any atom is 0.233 e. The van der Waals surface area contributed by atoms with Crippen LogP contribution in [0.4, 0.5) is 11.4 Å². The minimum Gasteiger partial charge on any atom is -0.495 e. The van der Waals surface area contributed by atoms with Gasteiger partial charge in [0.2, 0.25) is 11.8 Å². The van der Waals surface area contributed by atoms with Gasteiger partial charge in [-0.3, -0.25) is 9.59 Å². The molecule has 0 atom stereocenters. The van der Waals surface area contributed by atoms with Crippen LogP contribution in [0.3, 0.4) is 0 Å². The van der Waals surface area contributed by atoms with E-state index < -0.39 is 5.91 Å². The summed E-state index contributed by atoms with van der Waals surface area (Å²) in [4.78, 5) is 24.3. The van der Waals surface area contributed by atoms with Crippen LogP contribution in [0.1, 0.15) is 23.1 Å². The highest BCUT2D eigenvalue weighted by Crippen LogP contribution is 2.28. The van der Waals surface area contributed by atoms with Crippen molar-refractivity contribution in [3.8, 4) is 5.75 Å². The zero-order valence-electron chi connectivity index (χ0n) is 14.7. The molecule has 6 heteroatoms. The van der Waals surface area contributed by atoms with Gasteiger partial charge in [0.25, 0.3) is 0 Å². The van der Waals surface area contributed by atoms with Crippen LogP contribution in [0.25, 0.3) is 0 Å². The van der Waals surface area contributed by atoms with Gasteiger partial charge in [0, 0.05) is 10.7 Å². The van der Waals surface area contributed by atoms with Crippen LogP contribution in [-0.2, 0) is 9.59 Å².